The molecule has 3 rings (SSSR count). The standard InChI is InChI=1S/C22H24FN3O2/c1-16-21(17(2)26(25-16)19-11-9-18(23)10-12-19)15-22(27)24-13-6-14-28-20-7-4-3-5-8-20/h3-5,7-12H,6,13-15H2,1-2H3,(H,24,27). The average Bonchev–Trinajstić information content (AvgIpc) is 2.97. The third-order valence-corrected chi connectivity index (χ3v) is 4.50. The first-order chi connectivity index (χ1) is 13.5. The summed E-state index contributed by atoms with van der Waals surface area (Å²) in [5.41, 5.74) is 3.34. The Labute approximate surface area is 164 Å². The zero-order valence-electron chi connectivity index (χ0n) is 16.1. The van der Waals surface area contributed by atoms with Gasteiger partial charge in [0, 0.05) is 17.8 Å². The van der Waals surface area contributed by atoms with E-state index in [1.54, 1.807) is 16.8 Å². The number of nitrogens with one attached hydrogen (secondary N) is 1. The van der Waals surface area contributed by atoms with Crippen LogP contribution in [0.2, 0.25) is 0 Å². The van der Waals surface area contributed by atoms with Gasteiger partial charge in [-0.2, -0.15) is 5.10 Å². The quantitative estimate of drug-likeness (QED) is 0.605. The van der Waals surface area contributed by atoms with Gasteiger partial charge in [-0.15, -0.1) is 0 Å². The molecule has 0 saturated heterocycles. The van der Waals surface area contributed by atoms with E-state index in [2.05, 4.69) is 10.4 Å². The molecule has 6 heteroatoms. The number of carbonyl (C=O) groups excluding carboxylic acids is 1. The predicted molar refractivity (Wildman–Crippen MR) is 106 cm³/mol. The van der Waals surface area contributed by atoms with Crippen molar-refractivity contribution in [3.8, 4) is 11.4 Å². The van der Waals surface area contributed by atoms with Crippen molar-refractivity contribution >= 4 is 5.91 Å². The van der Waals surface area contributed by atoms with Crippen LogP contribution in [-0.4, -0.2) is 28.8 Å². The molecular formula is C22H24FN3O2. The summed E-state index contributed by atoms with van der Waals surface area (Å²) >= 11 is 0. The van der Waals surface area contributed by atoms with Gasteiger partial charge in [-0.1, -0.05) is 18.2 Å². The molecule has 3 aromatic rings. The molecule has 0 fully saturated rings. The molecule has 28 heavy (non-hydrogen) atoms. The number of amides is 1. The zero-order valence-corrected chi connectivity index (χ0v) is 16.1. The minimum atomic E-state index is -0.291. The molecule has 1 N–H and O–H groups in total. The van der Waals surface area contributed by atoms with Crippen molar-refractivity contribution in [2.75, 3.05) is 13.2 Å². The lowest BCUT2D eigenvalue weighted by atomic mass is 10.1. The minimum Gasteiger partial charge on any atom is -0.494 e. The normalized spacial score (nSPS) is 10.7. The fraction of sp³-hybridized carbons (Fsp3) is 0.273. The second kappa shape index (κ2) is 9.17. The fourth-order valence-electron chi connectivity index (χ4n) is 2.99. The molecule has 0 spiro atoms. The molecule has 1 heterocycles. The Morgan fingerprint density at radius 1 is 1.11 bits per heavy atom. The Balaban J connectivity index is 1.50. The molecule has 1 amide bonds. The van der Waals surface area contributed by atoms with E-state index in [1.807, 2.05) is 44.2 Å². The lowest BCUT2D eigenvalue weighted by molar-refractivity contribution is -0.120. The third-order valence-electron chi connectivity index (χ3n) is 4.50. The van der Waals surface area contributed by atoms with Crippen LogP contribution in [0, 0.1) is 19.7 Å². The van der Waals surface area contributed by atoms with Crippen LogP contribution in [0.4, 0.5) is 4.39 Å². The molecule has 2 aromatic carbocycles. The predicted octanol–water partition coefficient (Wildman–Crippen LogP) is 3.76. The van der Waals surface area contributed by atoms with E-state index in [0.717, 1.165) is 34.8 Å². The maximum Gasteiger partial charge on any atom is 0.224 e. The monoisotopic (exact) mass is 381 g/mol. The lowest BCUT2D eigenvalue weighted by Gasteiger charge is -2.08. The highest BCUT2D eigenvalue weighted by Crippen LogP contribution is 2.18. The number of para-hydroxylation sites is 1. The first kappa shape index (κ1) is 19.6. The number of rotatable bonds is 8. The summed E-state index contributed by atoms with van der Waals surface area (Å²) in [6.07, 6.45) is 0.992. The Hall–Kier alpha value is -3.15. The summed E-state index contributed by atoms with van der Waals surface area (Å²) in [4.78, 5) is 12.3. The number of halogens is 1. The summed E-state index contributed by atoms with van der Waals surface area (Å²) in [5, 5.41) is 7.42. The molecular weight excluding hydrogens is 357 g/mol. The van der Waals surface area contributed by atoms with Crippen molar-refractivity contribution in [1.29, 1.82) is 0 Å². The summed E-state index contributed by atoms with van der Waals surface area (Å²) in [7, 11) is 0. The van der Waals surface area contributed by atoms with Crippen LogP contribution in [0.3, 0.4) is 0 Å². The topological polar surface area (TPSA) is 56.2 Å². The summed E-state index contributed by atoms with van der Waals surface area (Å²) in [6, 6.07) is 15.7. The third kappa shape index (κ3) is 4.97. The van der Waals surface area contributed by atoms with Crippen LogP contribution < -0.4 is 10.1 Å². The molecule has 0 saturated carbocycles. The van der Waals surface area contributed by atoms with Gasteiger partial charge >= 0.3 is 0 Å². The molecule has 1 aromatic heterocycles. The number of benzene rings is 2. The van der Waals surface area contributed by atoms with E-state index in [1.165, 1.54) is 12.1 Å². The number of hydrogen-bond acceptors (Lipinski definition) is 3. The number of aromatic nitrogens is 2. The van der Waals surface area contributed by atoms with Gasteiger partial charge in [0.1, 0.15) is 11.6 Å². The first-order valence-corrected chi connectivity index (χ1v) is 9.30. The van der Waals surface area contributed by atoms with Gasteiger partial charge in [0.15, 0.2) is 0 Å². The summed E-state index contributed by atoms with van der Waals surface area (Å²) in [6.45, 7) is 4.89. The molecule has 0 unspecified atom stereocenters. The Morgan fingerprint density at radius 3 is 2.54 bits per heavy atom. The van der Waals surface area contributed by atoms with Crippen LogP contribution in [0.25, 0.3) is 5.69 Å². The van der Waals surface area contributed by atoms with Crippen molar-refractivity contribution in [2.24, 2.45) is 0 Å². The van der Waals surface area contributed by atoms with Crippen LogP contribution in [0.5, 0.6) is 5.75 Å². The van der Waals surface area contributed by atoms with Crippen molar-refractivity contribution in [1.82, 2.24) is 15.1 Å². The minimum absolute atomic E-state index is 0.0513. The molecule has 5 nitrogen and oxygen atoms in total. The number of ether oxygens (including phenoxy) is 1. The smallest absolute Gasteiger partial charge is 0.224 e. The van der Waals surface area contributed by atoms with Crippen molar-refractivity contribution < 1.29 is 13.9 Å². The van der Waals surface area contributed by atoms with Gasteiger partial charge < -0.3 is 10.1 Å². The fourth-order valence-corrected chi connectivity index (χ4v) is 2.99. The molecule has 0 bridgehead atoms. The molecule has 0 radical (unpaired) electrons. The lowest BCUT2D eigenvalue weighted by Crippen LogP contribution is -2.27. The largest absolute Gasteiger partial charge is 0.494 e. The molecule has 0 aliphatic rings. The van der Waals surface area contributed by atoms with E-state index in [4.69, 9.17) is 4.74 Å². The van der Waals surface area contributed by atoms with Gasteiger partial charge in [-0.25, -0.2) is 9.07 Å². The average molecular weight is 381 g/mol. The van der Waals surface area contributed by atoms with Crippen LogP contribution in [0.15, 0.2) is 54.6 Å². The van der Waals surface area contributed by atoms with Gasteiger partial charge in [0.2, 0.25) is 5.91 Å². The number of carbonyl (C=O) groups is 1. The number of hydrogen-bond donors (Lipinski definition) is 1. The first-order valence-electron chi connectivity index (χ1n) is 9.30. The molecule has 0 aliphatic heterocycles. The maximum atomic E-state index is 13.1. The number of aryl methyl sites for hydroxylation is 1. The highest BCUT2D eigenvalue weighted by atomic mass is 19.1. The molecule has 0 aliphatic carbocycles. The van der Waals surface area contributed by atoms with Crippen LogP contribution in [-0.2, 0) is 11.2 Å². The molecule has 0 atom stereocenters. The van der Waals surface area contributed by atoms with E-state index < -0.39 is 0 Å². The van der Waals surface area contributed by atoms with Crippen molar-refractivity contribution in [2.45, 2.75) is 26.7 Å². The maximum absolute atomic E-state index is 13.1. The van der Waals surface area contributed by atoms with Crippen molar-refractivity contribution in [3.05, 3.63) is 77.4 Å². The number of nitrogens with zero attached hydrogens (tertiary/aromatic N) is 2. The van der Waals surface area contributed by atoms with E-state index in [9.17, 15) is 9.18 Å². The van der Waals surface area contributed by atoms with E-state index in [-0.39, 0.29) is 18.1 Å². The second-order valence-corrected chi connectivity index (χ2v) is 6.58. The SMILES string of the molecule is Cc1nn(-c2ccc(F)cc2)c(C)c1CC(=O)NCCCOc1ccccc1. The summed E-state index contributed by atoms with van der Waals surface area (Å²) in [5.74, 6) is 0.485. The Kier molecular flexibility index (Phi) is 6.42. The van der Waals surface area contributed by atoms with Crippen molar-refractivity contribution in [3.63, 3.8) is 0 Å². The Morgan fingerprint density at radius 2 is 1.82 bits per heavy atom. The second-order valence-electron chi connectivity index (χ2n) is 6.58. The highest BCUT2D eigenvalue weighted by Gasteiger charge is 2.15. The van der Waals surface area contributed by atoms with Gasteiger partial charge in [0.25, 0.3) is 0 Å². The van der Waals surface area contributed by atoms with Gasteiger partial charge in [-0.3, -0.25) is 4.79 Å². The summed E-state index contributed by atoms with van der Waals surface area (Å²) < 4.78 is 20.5. The Bertz CT molecular complexity index is 921. The van der Waals surface area contributed by atoms with Gasteiger partial charge in [0.05, 0.1) is 24.4 Å². The van der Waals surface area contributed by atoms with E-state index >= 15 is 0 Å². The highest BCUT2D eigenvalue weighted by molar-refractivity contribution is 5.79. The van der Waals surface area contributed by atoms with E-state index in [0.29, 0.717) is 13.2 Å². The van der Waals surface area contributed by atoms with Crippen LogP contribution in [0.1, 0.15) is 23.4 Å². The van der Waals surface area contributed by atoms with Crippen LogP contribution >= 0.6 is 0 Å². The zero-order chi connectivity index (χ0) is 19.9. The van der Waals surface area contributed by atoms with Gasteiger partial charge in [-0.05, 0) is 56.7 Å². The molecule has 146 valence electrons.